The lowest BCUT2D eigenvalue weighted by Crippen LogP contribution is -2.30. The molecule has 6 nitrogen and oxygen atoms in total. The molecule has 0 aliphatic rings. The van der Waals surface area contributed by atoms with E-state index in [1.165, 1.54) is 29.4 Å². The van der Waals surface area contributed by atoms with Crippen molar-refractivity contribution >= 4 is 25.7 Å². The summed E-state index contributed by atoms with van der Waals surface area (Å²) in [4.78, 5) is -0.0642. The van der Waals surface area contributed by atoms with Crippen molar-refractivity contribution in [1.82, 2.24) is 4.31 Å². The minimum atomic E-state index is -4.00. The van der Waals surface area contributed by atoms with Gasteiger partial charge in [-0.2, -0.15) is 4.31 Å². The Morgan fingerprint density at radius 3 is 2.11 bits per heavy atom. The van der Waals surface area contributed by atoms with E-state index in [-0.39, 0.29) is 21.0 Å². The lowest BCUT2D eigenvalue weighted by atomic mass is 10.2. The number of sulfonamides is 2. The van der Waals surface area contributed by atoms with Crippen LogP contribution in [0.3, 0.4) is 0 Å². The van der Waals surface area contributed by atoms with Crippen LogP contribution in [0.2, 0.25) is 0 Å². The topological polar surface area (TPSA) is 83.6 Å². The molecule has 0 amide bonds. The summed E-state index contributed by atoms with van der Waals surface area (Å²) >= 11 is 0. The van der Waals surface area contributed by atoms with Crippen LogP contribution in [-0.2, 0) is 20.0 Å². The van der Waals surface area contributed by atoms with Gasteiger partial charge in [-0.05, 0) is 55.3 Å². The van der Waals surface area contributed by atoms with Crippen molar-refractivity contribution in [3.05, 3.63) is 53.3 Å². The third-order valence-corrected chi connectivity index (χ3v) is 7.79. The number of nitrogens with one attached hydrogen (secondary N) is 1. The standard InChI is InChI=1S/C18H23FN2O4S2/c1-5-21(6-2)27(24,25)16-9-7-13(3)17(12-16)20-26(22,23)18-10-8-15(19)11-14(18)4/h7-12,20H,5-6H2,1-4H3. The summed E-state index contributed by atoms with van der Waals surface area (Å²) in [5, 5.41) is 0. The summed E-state index contributed by atoms with van der Waals surface area (Å²) < 4.78 is 67.8. The highest BCUT2D eigenvalue weighted by molar-refractivity contribution is 7.92. The zero-order chi connectivity index (χ0) is 20.4. The van der Waals surface area contributed by atoms with Crippen molar-refractivity contribution in [1.29, 1.82) is 0 Å². The molecule has 0 heterocycles. The van der Waals surface area contributed by atoms with Gasteiger partial charge < -0.3 is 0 Å². The van der Waals surface area contributed by atoms with E-state index in [0.29, 0.717) is 18.7 Å². The summed E-state index contributed by atoms with van der Waals surface area (Å²) in [6.45, 7) is 7.24. The van der Waals surface area contributed by atoms with E-state index in [1.807, 2.05) is 0 Å². The molecular weight excluding hydrogens is 391 g/mol. The van der Waals surface area contributed by atoms with Gasteiger partial charge in [0.25, 0.3) is 10.0 Å². The van der Waals surface area contributed by atoms with Crippen molar-refractivity contribution in [2.24, 2.45) is 0 Å². The fourth-order valence-corrected chi connectivity index (χ4v) is 5.53. The van der Waals surface area contributed by atoms with Crippen molar-refractivity contribution in [3.63, 3.8) is 0 Å². The second kappa shape index (κ2) is 7.95. The molecule has 9 heteroatoms. The second-order valence-electron chi connectivity index (χ2n) is 6.08. The van der Waals surface area contributed by atoms with E-state index in [1.54, 1.807) is 26.8 Å². The number of anilines is 1. The molecule has 0 spiro atoms. The molecule has 0 radical (unpaired) electrons. The summed E-state index contributed by atoms with van der Waals surface area (Å²) in [6, 6.07) is 7.67. The van der Waals surface area contributed by atoms with Crippen LogP contribution in [0.5, 0.6) is 0 Å². The summed E-state index contributed by atoms with van der Waals surface area (Å²) in [6.07, 6.45) is 0. The Kier molecular flexibility index (Phi) is 6.28. The van der Waals surface area contributed by atoms with Crippen molar-refractivity contribution < 1.29 is 21.2 Å². The molecule has 0 saturated heterocycles. The first-order valence-corrected chi connectivity index (χ1v) is 11.3. The van der Waals surface area contributed by atoms with Gasteiger partial charge in [-0.1, -0.05) is 19.9 Å². The molecule has 27 heavy (non-hydrogen) atoms. The van der Waals surface area contributed by atoms with Crippen molar-refractivity contribution in [3.8, 4) is 0 Å². The van der Waals surface area contributed by atoms with Gasteiger partial charge in [0.05, 0.1) is 15.5 Å². The van der Waals surface area contributed by atoms with Gasteiger partial charge in [0, 0.05) is 13.1 Å². The maximum atomic E-state index is 13.3. The number of hydrogen-bond acceptors (Lipinski definition) is 4. The number of rotatable bonds is 7. The monoisotopic (exact) mass is 414 g/mol. The highest BCUT2D eigenvalue weighted by atomic mass is 32.2. The molecule has 0 aromatic heterocycles. The molecule has 2 aromatic rings. The van der Waals surface area contributed by atoms with Crippen LogP contribution in [0.4, 0.5) is 10.1 Å². The number of hydrogen-bond donors (Lipinski definition) is 1. The summed E-state index contributed by atoms with van der Waals surface area (Å²) in [7, 11) is -7.73. The van der Waals surface area contributed by atoms with Gasteiger partial charge in [-0.25, -0.2) is 21.2 Å². The average Bonchev–Trinajstić information content (AvgIpc) is 2.57. The minimum Gasteiger partial charge on any atom is -0.279 e. The predicted molar refractivity (Wildman–Crippen MR) is 103 cm³/mol. The quantitative estimate of drug-likeness (QED) is 0.754. The first-order valence-electron chi connectivity index (χ1n) is 8.42. The number of aryl methyl sites for hydroxylation is 2. The van der Waals surface area contributed by atoms with Gasteiger partial charge in [-0.3, -0.25) is 4.72 Å². The van der Waals surface area contributed by atoms with Crippen LogP contribution in [0.15, 0.2) is 46.2 Å². The van der Waals surface area contributed by atoms with E-state index >= 15 is 0 Å². The van der Waals surface area contributed by atoms with E-state index in [4.69, 9.17) is 0 Å². The molecule has 0 unspecified atom stereocenters. The smallest absolute Gasteiger partial charge is 0.262 e. The Bertz CT molecular complexity index is 1050. The highest BCUT2D eigenvalue weighted by Crippen LogP contribution is 2.26. The Labute approximate surface area is 160 Å². The molecule has 0 bridgehead atoms. The molecule has 1 N–H and O–H groups in total. The van der Waals surface area contributed by atoms with Crippen LogP contribution in [0, 0.1) is 19.7 Å². The summed E-state index contributed by atoms with van der Waals surface area (Å²) in [5.41, 5.74) is 0.982. The van der Waals surface area contributed by atoms with Crippen molar-refractivity contribution in [2.75, 3.05) is 17.8 Å². The molecule has 0 aliphatic heterocycles. The molecule has 0 aliphatic carbocycles. The lowest BCUT2D eigenvalue weighted by Gasteiger charge is -2.20. The molecular formula is C18H23FN2O4S2. The van der Waals surface area contributed by atoms with Crippen LogP contribution in [0.25, 0.3) is 0 Å². The summed E-state index contributed by atoms with van der Waals surface area (Å²) in [5.74, 6) is -0.532. The fraction of sp³-hybridized carbons (Fsp3) is 0.333. The predicted octanol–water partition coefficient (Wildman–Crippen LogP) is 3.27. The molecule has 0 fully saturated rings. The van der Waals surface area contributed by atoms with Gasteiger partial charge >= 0.3 is 0 Å². The van der Waals surface area contributed by atoms with Crippen molar-refractivity contribution in [2.45, 2.75) is 37.5 Å². The highest BCUT2D eigenvalue weighted by Gasteiger charge is 2.24. The average molecular weight is 415 g/mol. The van der Waals surface area contributed by atoms with Crippen LogP contribution in [0.1, 0.15) is 25.0 Å². The third kappa shape index (κ3) is 4.48. The van der Waals surface area contributed by atoms with E-state index in [9.17, 15) is 21.2 Å². The van der Waals surface area contributed by atoms with E-state index in [2.05, 4.69) is 4.72 Å². The first-order chi connectivity index (χ1) is 12.5. The Hall–Kier alpha value is -1.97. The van der Waals surface area contributed by atoms with E-state index in [0.717, 1.165) is 12.1 Å². The Balaban J connectivity index is 2.48. The zero-order valence-corrected chi connectivity index (χ0v) is 17.3. The second-order valence-corrected chi connectivity index (χ2v) is 9.67. The maximum Gasteiger partial charge on any atom is 0.262 e. The maximum absolute atomic E-state index is 13.3. The van der Waals surface area contributed by atoms with Gasteiger partial charge in [0.1, 0.15) is 5.82 Å². The Morgan fingerprint density at radius 2 is 1.56 bits per heavy atom. The number of benzene rings is 2. The fourth-order valence-electron chi connectivity index (χ4n) is 2.70. The Morgan fingerprint density at radius 1 is 0.926 bits per heavy atom. The number of nitrogens with zero attached hydrogens (tertiary/aromatic N) is 1. The molecule has 148 valence electrons. The lowest BCUT2D eigenvalue weighted by molar-refractivity contribution is 0.445. The van der Waals surface area contributed by atoms with Gasteiger partial charge in [0.15, 0.2) is 0 Å². The minimum absolute atomic E-state index is 0.00493. The van der Waals surface area contributed by atoms with Crippen LogP contribution in [-0.4, -0.2) is 34.2 Å². The molecule has 2 rings (SSSR count). The normalized spacial score (nSPS) is 12.4. The van der Waals surface area contributed by atoms with Crippen LogP contribution < -0.4 is 4.72 Å². The largest absolute Gasteiger partial charge is 0.279 e. The number of halogens is 1. The molecule has 0 saturated carbocycles. The SMILES string of the molecule is CCN(CC)S(=O)(=O)c1ccc(C)c(NS(=O)(=O)c2ccc(F)cc2C)c1. The van der Waals surface area contributed by atoms with Gasteiger partial charge in [-0.15, -0.1) is 0 Å². The molecule has 0 atom stereocenters. The third-order valence-electron chi connectivity index (χ3n) is 4.22. The van der Waals surface area contributed by atoms with E-state index < -0.39 is 25.9 Å². The van der Waals surface area contributed by atoms with Gasteiger partial charge in [0.2, 0.25) is 10.0 Å². The van der Waals surface area contributed by atoms with Crippen LogP contribution >= 0.6 is 0 Å². The first kappa shape index (κ1) is 21.3. The zero-order valence-electron chi connectivity index (χ0n) is 15.7. The molecule has 2 aromatic carbocycles.